The van der Waals surface area contributed by atoms with Gasteiger partial charge in [-0.05, 0) is 37.9 Å². The van der Waals surface area contributed by atoms with Crippen LogP contribution in [-0.2, 0) is 14.0 Å². The first-order valence-corrected chi connectivity index (χ1v) is 9.47. The number of hydrogen-bond acceptors (Lipinski definition) is 3. The maximum absolute atomic E-state index is 11.4. The van der Waals surface area contributed by atoms with Crippen LogP contribution in [0.4, 0.5) is 0 Å². The molecular formula is C13H26O4Si. The second kappa shape index (κ2) is 4.94. The summed E-state index contributed by atoms with van der Waals surface area (Å²) in [5.41, 5.74) is -1.20. The molecule has 0 spiro atoms. The van der Waals surface area contributed by atoms with Crippen molar-refractivity contribution in [3.05, 3.63) is 0 Å². The van der Waals surface area contributed by atoms with Crippen molar-refractivity contribution < 1.29 is 19.1 Å². The van der Waals surface area contributed by atoms with Crippen molar-refractivity contribution in [1.82, 2.24) is 0 Å². The Bertz CT molecular complexity index is 321. The van der Waals surface area contributed by atoms with E-state index in [4.69, 9.17) is 9.16 Å². The Hall–Kier alpha value is -0.393. The average molecular weight is 274 g/mol. The molecule has 0 aliphatic carbocycles. The summed E-state index contributed by atoms with van der Waals surface area (Å²) in [6, 6.07) is 0. The Morgan fingerprint density at radius 1 is 1.44 bits per heavy atom. The molecular weight excluding hydrogens is 248 g/mol. The van der Waals surface area contributed by atoms with Gasteiger partial charge in [0.05, 0.1) is 6.10 Å². The van der Waals surface area contributed by atoms with Gasteiger partial charge in [0, 0.05) is 6.61 Å². The zero-order chi connectivity index (χ0) is 14.2. The van der Waals surface area contributed by atoms with Crippen molar-refractivity contribution in [2.75, 3.05) is 6.61 Å². The summed E-state index contributed by atoms with van der Waals surface area (Å²) in [4.78, 5) is 11.4. The molecule has 18 heavy (non-hydrogen) atoms. The monoisotopic (exact) mass is 274 g/mol. The molecule has 5 heteroatoms. The van der Waals surface area contributed by atoms with Crippen LogP contribution in [0.3, 0.4) is 0 Å². The summed E-state index contributed by atoms with van der Waals surface area (Å²) in [5.74, 6) is -0.925. The van der Waals surface area contributed by atoms with Crippen molar-refractivity contribution in [2.45, 2.75) is 70.4 Å². The van der Waals surface area contributed by atoms with E-state index in [1.165, 1.54) is 0 Å². The Balaban J connectivity index is 2.90. The van der Waals surface area contributed by atoms with Crippen molar-refractivity contribution >= 4 is 14.3 Å². The van der Waals surface area contributed by atoms with Crippen LogP contribution in [0, 0.1) is 0 Å². The summed E-state index contributed by atoms with van der Waals surface area (Å²) >= 11 is 0. The Labute approximate surface area is 111 Å². The van der Waals surface area contributed by atoms with Gasteiger partial charge in [-0.3, -0.25) is 0 Å². The lowest BCUT2D eigenvalue weighted by molar-refractivity contribution is -0.187. The first-order chi connectivity index (χ1) is 8.01. The third-order valence-electron chi connectivity index (χ3n) is 4.29. The zero-order valence-electron chi connectivity index (χ0n) is 12.4. The number of carbonyl (C=O) groups is 1. The van der Waals surface area contributed by atoms with Crippen LogP contribution in [0.5, 0.6) is 0 Å². The molecule has 1 aliphatic heterocycles. The van der Waals surface area contributed by atoms with Gasteiger partial charge < -0.3 is 14.3 Å². The van der Waals surface area contributed by atoms with E-state index in [1.54, 1.807) is 6.92 Å². The van der Waals surface area contributed by atoms with Gasteiger partial charge in [0.25, 0.3) is 0 Å². The maximum Gasteiger partial charge on any atom is 0.338 e. The van der Waals surface area contributed by atoms with E-state index in [2.05, 4.69) is 33.9 Å². The van der Waals surface area contributed by atoms with Gasteiger partial charge >= 0.3 is 5.97 Å². The molecule has 0 aromatic heterocycles. The second-order valence-electron chi connectivity index (χ2n) is 6.77. The van der Waals surface area contributed by atoms with Gasteiger partial charge in [0.1, 0.15) is 0 Å². The lowest BCUT2D eigenvalue weighted by Gasteiger charge is -2.45. The van der Waals surface area contributed by atoms with Crippen molar-refractivity contribution in [2.24, 2.45) is 0 Å². The van der Waals surface area contributed by atoms with Gasteiger partial charge in [-0.1, -0.05) is 20.8 Å². The van der Waals surface area contributed by atoms with Crippen molar-refractivity contribution in [3.8, 4) is 0 Å². The minimum Gasteiger partial charge on any atom is -0.479 e. The molecule has 0 aromatic carbocycles. The summed E-state index contributed by atoms with van der Waals surface area (Å²) in [6.45, 7) is 12.9. The maximum atomic E-state index is 11.4. The second-order valence-corrected chi connectivity index (χ2v) is 11.5. The predicted molar refractivity (Wildman–Crippen MR) is 73.3 cm³/mol. The average Bonchev–Trinajstić information content (AvgIpc) is 2.19. The molecule has 1 saturated heterocycles. The van der Waals surface area contributed by atoms with E-state index in [-0.39, 0.29) is 11.1 Å². The third kappa shape index (κ3) is 2.95. The smallest absolute Gasteiger partial charge is 0.338 e. The largest absolute Gasteiger partial charge is 0.479 e. The molecule has 0 amide bonds. The van der Waals surface area contributed by atoms with Crippen LogP contribution in [0.15, 0.2) is 0 Å². The zero-order valence-corrected chi connectivity index (χ0v) is 13.4. The fourth-order valence-corrected chi connectivity index (χ4v) is 3.23. The first-order valence-electron chi connectivity index (χ1n) is 6.56. The molecule has 0 bridgehead atoms. The molecule has 1 heterocycles. The minimum atomic E-state index is -1.97. The lowest BCUT2D eigenvalue weighted by Crippen LogP contribution is -2.57. The molecule has 2 atom stereocenters. The molecule has 0 radical (unpaired) electrons. The van der Waals surface area contributed by atoms with Gasteiger partial charge in [0.2, 0.25) is 0 Å². The normalized spacial score (nSPS) is 30.2. The highest BCUT2D eigenvalue weighted by atomic mass is 28.4. The topological polar surface area (TPSA) is 55.8 Å². The summed E-state index contributed by atoms with van der Waals surface area (Å²) in [7, 11) is -1.97. The molecule has 1 fully saturated rings. The van der Waals surface area contributed by atoms with E-state index < -0.39 is 19.9 Å². The summed E-state index contributed by atoms with van der Waals surface area (Å²) in [6.07, 6.45) is 1.28. The van der Waals surface area contributed by atoms with E-state index in [0.29, 0.717) is 6.61 Å². The molecule has 0 saturated carbocycles. The van der Waals surface area contributed by atoms with E-state index in [9.17, 15) is 9.90 Å². The van der Waals surface area contributed by atoms with Crippen molar-refractivity contribution in [3.63, 3.8) is 0 Å². The van der Waals surface area contributed by atoms with E-state index in [1.807, 2.05) is 0 Å². The quantitative estimate of drug-likeness (QED) is 0.804. The number of carboxylic acid groups (broad SMARTS) is 1. The van der Waals surface area contributed by atoms with Crippen LogP contribution < -0.4 is 0 Å². The van der Waals surface area contributed by atoms with Crippen LogP contribution >= 0.6 is 0 Å². The summed E-state index contributed by atoms with van der Waals surface area (Å²) < 4.78 is 11.7. The lowest BCUT2D eigenvalue weighted by atomic mass is 9.93. The van der Waals surface area contributed by atoms with Gasteiger partial charge in [-0.2, -0.15) is 0 Å². The first kappa shape index (κ1) is 15.7. The Kier molecular flexibility index (Phi) is 4.30. The fourth-order valence-electron chi connectivity index (χ4n) is 1.82. The number of ether oxygens (including phenoxy) is 1. The van der Waals surface area contributed by atoms with Gasteiger partial charge in [-0.15, -0.1) is 0 Å². The van der Waals surface area contributed by atoms with Crippen LogP contribution in [0.1, 0.15) is 40.5 Å². The highest BCUT2D eigenvalue weighted by molar-refractivity contribution is 6.74. The SMILES string of the molecule is CC(C)(C)[Si](C)(C)O[C@H]1CCCO[C@]1(C)C(=O)O. The van der Waals surface area contributed by atoms with Crippen LogP contribution in [0.2, 0.25) is 18.1 Å². The highest BCUT2D eigenvalue weighted by Crippen LogP contribution is 2.40. The Morgan fingerprint density at radius 3 is 2.44 bits per heavy atom. The van der Waals surface area contributed by atoms with Gasteiger partial charge in [0.15, 0.2) is 13.9 Å². The number of hydrogen-bond donors (Lipinski definition) is 1. The Morgan fingerprint density at radius 2 is 2.00 bits per heavy atom. The summed E-state index contributed by atoms with van der Waals surface area (Å²) in [5, 5.41) is 9.45. The standard InChI is InChI=1S/C13H26O4Si/c1-12(2,3)18(5,6)17-10-8-7-9-16-13(10,4)11(14)15/h10H,7-9H2,1-6H3,(H,14,15)/t10-,13-/m0/s1. The predicted octanol–water partition coefficient (Wildman–Crippen LogP) is 3.03. The minimum absolute atomic E-state index is 0.0733. The molecule has 106 valence electrons. The molecule has 0 unspecified atom stereocenters. The number of carboxylic acids is 1. The number of aliphatic carboxylic acids is 1. The molecule has 1 N–H and O–H groups in total. The highest BCUT2D eigenvalue weighted by Gasteiger charge is 2.50. The van der Waals surface area contributed by atoms with Crippen LogP contribution in [0.25, 0.3) is 0 Å². The third-order valence-corrected chi connectivity index (χ3v) is 8.78. The molecule has 4 nitrogen and oxygen atoms in total. The van der Waals surface area contributed by atoms with E-state index in [0.717, 1.165) is 12.8 Å². The fraction of sp³-hybridized carbons (Fsp3) is 0.923. The van der Waals surface area contributed by atoms with E-state index >= 15 is 0 Å². The van der Waals surface area contributed by atoms with Crippen LogP contribution in [-0.4, -0.2) is 37.7 Å². The van der Waals surface area contributed by atoms with Crippen molar-refractivity contribution in [1.29, 1.82) is 0 Å². The molecule has 1 aliphatic rings. The molecule has 1 rings (SSSR count). The number of rotatable bonds is 3. The molecule has 0 aromatic rings. The van der Waals surface area contributed by atoms with Gasteiger partial charge in [-0.25, -0.2) is 4.79 Å².